The fourth-order valence-electron chi connectivity index (χ4n) is 4.12. The van der Waals surface area contributed by atoms with E-state index in [0.29, 0.717) is 46.4 Å². The number of hydrogen-bond donors (Lipinski definition) is 2. The van der Waals surface area contributed by atoms with Crippen molar-refractivity contribution in [2.75, 3.05) is 35.7 Å². The maximum Gasteiger partial charge on any atom is 0.228 e. The van der Waals surface area contributed by atoms with Crippen molar-refractivity contribution in [1.82, 2.24) is 19.9 Å². The van der Waals surface area contributed by atoms with Gasteiger partial charge in [0.15, 0.2) is 5.82 Å². The quantitative estimate of drug-likeness (QED) is 0.720. The number of anilines is 2. The van der Waals surface area contributed by atoms with Crippen molar-refractivity contribution in [3.63, 3.8) is 0 Å². The van der Waals surface area contributed by atoms with Crippen molar-refractivity contribution in [3.05, 3.63) is 35.0 Å². The zero-order chi connectivity index (χ0) is 20.7. The van der Waals surface area contributed by atoms with Crippen LogP contribution in [-0.4, -0.2) is 60.2 Å². The van der Waals surface area contributed by atoms with Gasteiger partial charge >= 0.3 is 0 Å². The Morgan fingerprint density at radius 2 is 2.03 bits per heavy atom. The van der Waals surface area contributed by atoms with Gasteiger partial charge in [0, 0.05) is 36.8 Å². The summed E-state index contributed by atoms with van der Waals surface area (Å²) in [6.07, 6.45) is 9.71. The molecule has 2 N–H and O–H groups in total. The Morgan fingerprint density at radius 3 is 2.73 bits per heavy atom. The molecule has 0 saturated heterocycles. The third-order valence-electron chi connectivity index (χ3n) is 6.00. The van der Waals surface area contributed by atoms with Gasteiger partial charge in [-0.25, -0.2) is 15.0 Å². The number of rotatable bonds is 5. The molecule has 2 aromatic rings. The van der Waals surface area contributed by atoms with Gasteiger partial charge in [-0.15, -0.1) is 0 Å². The number of aryl methyl sites for hydroxylation is 1. The largest absolute Gasteiger partial charge is 0.394 e. The Bertz CT molecular complexity index is 1020. The van der Waals surface area contributed by atoms with Crippen molar-refractivity contribution in [2.45, 2.75) is 42.5 Å². The molecule has 8 nitrogen and oxygen atoms in total. The summed E-state index contributed by atoms with van der Waals surface area (Å²) in [6.45, 7) is 1.28. The van der Waals surface area contributed by atoms with E-state index in [-0.39, 0.29) is 12.1 Å². The molecule has 0 bridgehead atoms. The van der Waals surface area contributed by atoms with Crippen LogP contribution in [0.3, 0.4) is 0 Å². The standard InChI is InChI=1S/C20H23ClN6O2S/c21-14-9-22-17(23-10-14)13-4-7-27(11-13)19-24-15-3-1-8-30(29)16(15)18(25-19)26-20(12-28)5-2-6-20/h4,9-10,28H,1-3,5-8,11-12H2,(H,24,25,26). The molecule has 1 aliphatic carbocycles. The maximum absolute atomic E-state index is 12.8. The number of hydrogen-bond acceptors (Lipinski definition) is 8. The molecule has 1 fully saturated rings. The van der Waals surface area contributed by atoms with Crippen LogP contribution >= 0.6 is 11.6 Å². The Labute approximate surface area is 182 Å². The highest BCUT2D eigenvalue weighted by Crippen LogP contribution is 2.38. The summed E-state index contributed by atoms with van der Waals surface area (Å²) in [4.78, 5) is 20.9. The minimum absolute atomic E-state index is 0.0388. The van der Waals surface area contributed by atoms with Crippen LogP contribution in [0.5, 0.6) is 0 Å². The van der Waals surface area contributed by atoms with Crippen LogP contribution in [-0.2, 0) is 17.2 Å². The second-order valence-electron chi connectivity index (χ2n) is 8.05. The summed E-state index contributed by atoms with van der Waals surface area (Å²) >= 11 is 5.90. The lowest BCUT2D eigenvalue weighted by molar-refractivity contribution is 0.143. The average Bonchev–Trinajstić information content (AvgIpc) is 3.21. The number of fused-ring (bicyclic) bond motifs is 1. The number of aromatic nitrogens is 4. The topological polar surface area (TPSA) is 104 Å². The van der Waals surface area contributed by atoms with Gasteiger partial charge in [-0.2, -0.15) is 4.98 Å². The molecule has 1 saturated carbocycles. The second-order valence-corrected chi connectivity index (χ2v) is 10.00. The normalized spacial score (nSPS) is 22.3. The molecule has 0 radical (unpaired) electrons. The zero-order valence-electron chi connectivity index (χ0n) is 16.5. The molecule has 0 aromatic carbocycles. The van der Waals surface area contributed by atoms with Crippen LogP contribution in [0.1, 0.15) is 37.2 Å². The lowest BCUT2D eigenvalue weighted by Gasteiger charge is -2.42. The number of nitrogens with one attached hydrogen (secondary N) is 1. The van der Waals surface area contributed by atoms with E-state index < -0.39 is 10.8 Å². The molecule has 0 spiro atoms. The number of nitrogens with zero attached hydrogens (tertiary/aromatic N) is 5. The Morgan fingerprint density at radius 1 is 1.23 bits per heavy atom. The predicted octanol–water partition coefficient (Wildman–Crippen LogP) is 2.20. The van der Waals surface area contributed by atoms with E-state index in [2.05, 4.69) is 26.3 Å². The van der Waals surface area contributed by atoms with E-state index in [4.69, 9.17) is 21.6 Å². The molecule has 10 heteroatoms. The van der Waals surface area contributed by atoms with Crippen molar-refractivity contribution < 1.29 is 9.32 Å². The van der Waals surface area contributed by atoms with Gasteiger partial charge in [-0.3, -0.25) is 4.21 Å². The van der Waals surface area contributed by atoms with Crippen molar-refractivity contribution in [2.24, 2.45) is 0 Å². The highest BCUT2D eigenvalue weighted by molar-refractivity contribution is 7.85. The number of aliphatic hydroxyl groups excluding tert-OH is 1. The third kappa shape index (κ3) is 3.59. The number of halogens is 1. The minimum atomic E-state index is -1.12. The molecule has 2 aromatic heterocycles. The van der Waals surface area contributed by atoms with E-state index in [1.54, 1.807) is 12.4 Å². The van der Waals surface area contributed by atoms with Crippen molar-refractivity contribution in [1.29, 1.82) is 0 Å². The summed E-state index contributed by atoms with van der Waals surface area (Å²) in [5, 5.41) is 13.8. The van der Waals surface area contributed by atoms with Crippen LogP contribution in [0.2, 0.25) is 5.02 Å². The molecular weight excluding hydrogens is 424 g/mol. The second kappa shape index (κ2) is 7.86. The summed E-state index contributed by atoms with van der Waals surface area (Å²) in [6, 6.07) is 0. The van der Waals surface area contributed by atoms with Gasteiger partial charge in [0.2, 0.25) is 5.95 Å². The Balaban J connectivity index is 1.45. The zero-order valence-corrected chi connectivity index (χ0v) is 18.0. The highest BCUT2D eigenvalue weighted by Gasteiger charge is 2.38. The van der Waals surface area contributed by atoms with E-state index in [9.17, 15) is 9.32 Å². The fraction of sp³-hybridized carbons (Fsp3) is 0.500. The van der Waals surface area contributed by atoms with E-state index in [0.717, 1.165) is 43.4 Å². The SMILES string of the molecule is O=S1CCCc2nc(N3CC=C(c4ncc(Cl)cn4)C3)nc(NC3(CO)CCC3)c21. The smallest absolute Gasteiger partial charge is 0.228 e. The first-order chi connectivity index (χ1) is 14.6. The monoisotopic (exact) mass is 446 g/mol. The lowest BCUT2D eigenvalue weighted by Crippen LogP contribution is -2.49. The summed E-state index contributed by atoms with van der Waals surface area (Å²) in [7, 11) is -1.12. The lowest BCUT2D eigenvalue weighted by atomic mass is 9.77. The van der Waals surface area contributed by atoms with E-state index in [1.807, 2.05) is 0 Å². The van der Waals surface area contributed by atoms with Crippen molar-refractivity contribution >= 4 is 39.7 Å². The molecular formula is C20H23ClN6O2S. The molecule has 3 aliphatic rings. The van der Waals surface area contributed by atoms with Crippen LogP contribution < -0.4 is 10.2 Å². The summed E-state index contributed by atoms with van der Waals surface area (Å²) in [5.41, 5.74) is 1.47. The van der Waals surface area contributed by atoms with Gasteiger partial charge < -0.3 is 15.3 Å². The van der Waals surface area contributed by atoms with Gasteiger partial charge in [-0.05, 0) is 32.1 Å². The first-order valence-electron chi connectivity index (χ1n) is 10.2. The molecule has 30 heavy (non-hydrogen) atoms. The summed E-state index contributed by atoms with van der Waals surface area (Å²) < 4.78 is 12.8. The first kappa shape index (κ1) is 19.8. The van der Waals surface area contributed by atoms with Gasteiger partial charge in [0.05, 0.1) is 33.7 Å². The number of aliphatic hydroxyl groups is 1. The van der Waals surface area contributed by atoms with Crippen LogP contribution in [0, 0.1) is 0 Å². The Hall–Kier alpha value is -2.10. The maximum atomic E-state index is 12.8. The fourth-order valence-corrected chi connectivity index (χ4v) is 5.55. The molecule has 2 aliphatic heterocycles. The average molecular weight is 447 g/mol. The minimum Gasteiger partial charge on any atom is -0.394 e. The van der Waals surface area contributed by atoms with Crippen LogP contribution in [0.15, 0.2) is 23.4 Å². The van der Waals surface area contributed by atoms with Gasteiger partial charge in [0.1, 0.15) is 10.7 Å². The Kier molecular flexibility index (Phi) is 5.20. The third-order valence-corrected chi connectivity index (χ3v) is 7.74. The van der Waals surface area contributed by atoms with Crippen LogP contribution in [0.4, 0.5) is 11.8 Å². The van der Waals surface area contributed by atoms with Gasteiger partial charge in [-0.1, -0.05) is 17.7 Å². The van der Waals surface area contributed by atoms with E-state index in [1.165, 1.54) is 0 Å². The molecule has 0 amide bonds. The van der Waals surface area contributed by atoms with E-state index >= 15 is 0 Å². The van der Waals surface area contributed by atoms with Crippen LogP contribution in [0.25, 0.3) is 5.57 Å². The summed E-state index contributed by atoms with van der Waals surface area (Å²) in [5.74, 6) is 2.48. The highest BCUT2D eigenvalue weighted by atomic mass is 35.5. The molecule has 1 atom stereocenters. The van der Waals surface area contributed by atoms with Crippen molar-refractivity contribution in [3.8, 4) is 0 Å². The first-order valence-corrected chi connectivity index (χ1v) is 11.9. The predicted molar refractivity (Wildman–Crippen MR) is 116 cm³/mol. The van der Waals surface area contributed by atoms with Gasteiger partial charge in [0.25, 0.3) is 0 Å². The molecule has 158 valence electrons. The molecule has 5 rings (SSSR count). The molecule has 1 unspecified atom stereocenters. The molecule has 4 heterocycles.